The van der Waals surface area contributed by atoms with E-state index < -0.39 is 0 Å². The van der Waals surface area contributed by atoms with Gasteiger partial charge in [0.1, 0.15) is 5.75 Å². The average Bonchev–Trinajstić information content (AvgIpc) is 2.35. The number of anilines is 1. The SMILES string of the molecule is CC(C)CNC(=O)Nc1ccccc1OCC(C)C. The highest BCUT2D eigenvalue weighted by molar-refractivity contribution is 5.90. The summed E-state index contributed by atoms with van der Waals surface area (Å²) >= 11 is 0. The van der Waals surface area contributed by atoms with Crippen molar-refractivity contribution in [3.05, 3.63) is 24.3 Å². The van der Waals surface area contributed by atoms with Crippen molar-refractivity contribution in [2.75, 3.05) is 18.5 Å². The summed E-state index contributed by atoms with van der Waals surface area (Å²) in [5, 5.41) is 5.63. The lowest BCUT2D eigenvalue weighted by Gasteiger charge is -2.14. The van der Waals surface area contributed by atoms with Gasteiger partial charge in [0.05, 0.1) is 12.3 Å². The van der Waals surface area contributed by atoms with Gasteiger partial charge in [0.2, 0.25) is 0 Å². The van der Waals surface area contributed by atoms with Crippen molar-refractivity contribution in [3.63, 3.8) is 0 Å². The second-order valence-electron chi connectivity index (χ2n) is 5.43. The highest BCUT2D eigenvalue weighted by atomic mass is 16.5. The molecule has 19 heavy (non-hydrogen) atoms. The van der Waals surface area contributed by atoms with Crippen LogP contribution >= 0.6 is 0 Å². The summed E-state index contributed by atoms with van der Waals surface area (Å²) in [4.78, 5) is 11.7. The Morgan fingerprint density at radius 1 is 1.16 bits per heavy atom. The number of rotatable bonds is 6. The molecule has 4 nitrogen and oxygen atoms in total. The second-order valence-corrected chi connectivity index (χ2v) is 5.43. The van der Waals surface area contributed by atoms with E-state index in [1.54, 1.807) is 0 Å². The lowest BCUT2D eigenvalue weighted by atomic mass is 10.2. The standard InChI is InChI=1S/C15H24N2O2/c1-11(2)9-16-15(18)17-13-7-5-6-8-14(13)19-10-12(3)4/h5-8,11-12H,9-10H2,1-4H3,(H2,16,17,18). The van der Waals surface area contributed by atoms with Gasteiger partial charge in [-0.25, -0.2) is 4.79 Å². The molecular formula is C15H24N2O2. The molecule has 0 bridgehead atoms. The van der Waals surface area contributed by atoms with Crippen LogP contribution in [0.3, 0.4) is 0 Å². The van der Waals surface area contributed by atoms with Gasteiger partial charge in [0, 0.05) is 6.54 Å². The van der Waals surface area contributed by atoms with Crippen LogP contribution in [0.1, 0.15) is 27.7 Å². The first kappa shape index (κ1) is 15.3. The Bertz CT molecular complexity index is 403. The molecule has 4 heteroatoms. The quantitative estimate of drug-likeness (QED) is 0.826. The molecule has 0 aliphatic heterocycles. The minimum atomic E-state index is -0.200. The molecule has 1 aromatic rings. The van der Waals surface area contributed by atoms with Gasteiger partial charge in [-0.05, 0) is 24.0 Å². The van der Waals surface area contributed by atoms with Crippen molar-refractivity contribution < 1.29 is 9.53 Å². The van der Waals surface area contributed by atoms with Crippen molar-refractivity contribution >= 4 is 11.7 Å². The van der Waals surface area contributed by atoms with Crippen LogP contribution in [-0.2, 0) is 0 Å². The Balaban J connectivity index is 2.59. The third kappa shape index (κ3) is 6.13. The number of carbonyl (C=O) groups excluding carboxylic acids is 1. The maximum atomic E-state index is 11.7. The molecule has 0 saturated carbocycles. The van der Waals surface area contributed by atoms with E-state index in [4.69, 9.17) is 4.74 Å². The van der Waals surface area contributed by atoms with Crippen LogP contribution < -0.4 is 15.4 Å². The zero-order valence-electron chi connectivity index (χ0n) is 12.2. The highest BCUT2D eigenvalue weighted by Gasteiger charge is 2.08. The Morgan fingerprint density at radius 2 is 1.84 bits per heavy atom. The summed E-state index contributed by atoms with van der Waals surface area (Å²) < 4.78 is 5.68. The normalized spacial score (nSPS) is 10.6. The molecule has 0 heterocycles. The predicted molar refractivity (Wildman–Crippen MR) is 78.6 cm³/mol. The van der Waals surface area contributed by atoms with Gasteiger partial charge < -0.3 is 15.4 Å². The second kappa shape index (κ2) is 7.67. The fraction of sp³-hybridized carbons (Fsp3) is 0.533. The van der Waals surface area contributed by atoms with Crippen molar-refractivity contribution in [1.29, 1.82) is 0 Å². The molecule has 0 saturated heterocycles. The molecule has 0 fully saturated rings. The molecule has 2 N–H and O–H groups in total. The minimum Gasteiger partial charge on any atom is -0.491 e. The number of carbonyl (C=O) groups is 1. The number of amides is 2. The van der Waals surface area contributed by atoms with Crippen LogP contribution in [0.4, 0.5) is 10.5 Å². The monoisotopic (exact) mass is 264 g/mol. The molecule has 0 spiro atoms. The van der Waals surface area contributed by atoms with Gasteiger partial charge >= 0.3 is 6.03 Å². The number of hydrogen-bond donors (Lipinski definition) is 2. The molecule has 0 atom stereocenters. The minimum absolute atomic E-state index is 0.200. The van der Waals surface area contributed by atoms with E-state index in [9.17, 15) is 4.79 Å². The molecule has 0 aromatic heterocycles. The maximum absolute atomic E-state index is 11.7. The van der Waals surface area contributed by atoms with Crippen LogP contribution in [0.2, 0.25) is 0 Å². The van der Waals surface area contributed by atoms with Crippen molar-refractivity contribution in [2.45, 2.75) is 27.7 Å². The first-order valence-corrected chi connectivity index (χ1v) is 6.75. The zero-order valence-corrected chi connectivity index (χ0v) is 12.2. The van der Waals surface area contributed by atoms with Crippen LogP contribution in [0.5, 0.6) is 5.75 Å². The van der Waals surface area contributed by atoms with E-state index in [-0.39, 0.29) is 6.03 Å². The van der Waals surface area contributed by atoms with E-state index in [2.05, 4.69) is 38.3 Å². The fourth-order valence-electron chi connectivity index (χ4n) is 1.42. The van der Waals surface area contributed by atoms with Crippen LogP contribution in [-0.4, -0.2) is 19.2 Å². The molecule has 0 aliphatic carbocycles. The molecule has 2 amide bonds. The molecule has 0 radical (unpaired) electrons. The Morgan fingerprint density at radius 3 is 2.47 bits per heavy atom. The fourth-order valence-corrected chi connectivity index (χ4v) is 1.42. The van der Waals surface area contributed by atoms with Crippen molar-refractivity contribution in [2.24, 2.45) is 11.8 Å². The lowest BCUT2D eigenvalue weighted by Crippen LogP contribution is -2.31. The smallest absolute Gasteiger partial charge is 0.319 e. The highest BCUT2D eigenvalue weighted by Crippen LogP contribution is 2.24. The zero-order chi connectivity index (χ0) is 14.3. The summed E-state index contributed by atoms with van der Waals surface area (Å²) in [5.41, 5.74) is 0.699. The van der Waals surface area contributed by atoms with Crippen LogP contribution in [0.15, 0.2) is 24.3 Å². The maximum Gasteiger partial charge on any atom is 0.319 e. The summed E-state index contributed by atoms with van der Waals surface area (Å²) in [6.45, 7) is 9.57. The molecule has 0 aliphatic rings. The van der Waals surface area contributed by atoms with E-state index in [1.165, 1.54) is 0 Å². The summed E-state index contributed by atoms with van der Waals surface area (Å²) in [6.07, 6.45) is 0. The van der Waals surface area contributed by atoms with Gasteiger partial charge in [-0.3, -0.25) is 0 Å². The molecule has 0 unspecified atom stereocenters. The molecular weight excluding hydrogens is 240 g/mol. The largest absolute Gasteiger partial charge is 0.491 e. The van der Waals surface area contributed by atoms with Crippen molar-refractivity contribution in [3.8, 4) is 5.75 Å². The summed E-state index contributed by atoms with van der Waals surface area (Å²) in [7, 11) is 0. The van der Waals surface area contributed by atoms with E-state index >= 15 is 0 Å². The first-order valence-electron chi connectivity index (χ1n) is 6.75. The summed E-state index contributed by atoms with van der Waals surface area (Å²) in [6, 6.07) is 7.27. The van der Waals surface area contributed by atoms with Gasteiger partial charge in [-0.2, -0.15) is 0 Å². The average molecular weight is 264 g/mol. The number of para-hydroxylation sites is 2. The van der Waals surface area contributed by atoms with Gasteiger partial charge in [0.25, 0.3) is 0 Å². The Hall–Kier alpha value is -1.71. The number of nitrogens with one attached hydrogen (secondary N) is 2. The van der Waals surface area contributed by atoms with Gasteiger partial charge in [-0.15, -0.1) is 0 Å². The molecule has 1 aromatic carbocycles. The van der Waals surface area contributed by atoms with E-state index in [0.29, 0.717) is 36.4 Å². The van der Waals surface area contributed by atoms with Crippen molar-refractivity contribution in [1.82, 2.24) is 5.32 Å². The molecule has 106 valence electrons. The third-order valence-corrected chi connectivity index (χ3v) is 2.38. The predicted octanol–water partition coefficient (Wildman–Crippen LogP) is 3.50. The first-order chi connectivity index (χ1) is 8.99. The number of ether oxygens (including phenoxy) is 1. The number of urea groups is 1. The van der Waals surface area contributed by atoms with Crippen LogP contribution in [0, 0.1) is 11.8 Å². The topological polar surface area (TPSA) is 50.4 Å². The number of benzene rings is 1. The Labute approximate surface area is 115 Å². The summed E-state index contributed by atoms with van der Waals surface area (Å²) in [5.74, 6) is 1.58. The van der Waals surface area contributed by atoms with Gasteiger partial charge in [-0.1, -0.05) is 39.8 Å². The Kier molecular flexibility index (Phi) is 6.19. The third-order valence-electron chi connectivity index (χ3n) is 2.38. The van der Waals surface area contributed by atoms with E-state index in [1.807, 2.05) is 24.3 Å². The van der Waals surface area contributed by atoms with E-state index in [0.717, 1.165) is 0 Å². The number of hydrogen-bond acceptors (Lipinski definition) is 2. The lowest BCUT2D eigenvalue weighted by molar-refractivity contribution is 0.250. The van der Waals surface area contributed by atoms with Crippen LogP contribution in [0.25, 0.3) is 0 Å². The van der Waals surface area contributed by atoms with Gasteiger partial charge in [0.15, 0.2) is 0 Å². The molecule has 1 rings (SSSR count).